The zero-order valence-corrected chi connectivity index (χ0v) is 10.4. The average molecular weight is 204 g/mol. The first kappa shape index (κ1) is 12.0. The highest BCUT2D eigenvalue weighted by Gasteiger charge is 2.26. The Morgan fingerprint density at radius 3 is 2.47 bits per heavy atom. The Bertz CT molecular complexity index is 374. The van der Waals surface area contributed by atoms with E-state index in [4.69, 9.17) is 0 Å². The molecule has 0 saturated heterocycles. The van der Waals surface area contributed by atoms with Crippen LogP contribution < -0.4 is 0 Å². The molecule has 1 aliphatic carbocycles. The first-order chi connectivity index (χ1) is 6.84. The van der Waals surface area contributed by atoms with Gasteiger partial charge in [-0.2, -0.15) is 0 Å². The minimum absolute atomic E-state index is 0.108. The predicted octanol–water partition coefficient (Wildman–Crippen LogP) is 3.81. The predicted molar refractivity (Wildman–Crippen MR) is 63.7 cm³/mol. The van der Waals surface area contributed by atoms with Gasteiger partial charge in [-0.15, -0.1) is 5.73 Å². The lowest BCUT2D eigenvalue weighted by atomic mass is 9.73. The van der Waals surface area contributed by atoms with E-state index in [9.17, 15) is 4.79 Å². The van der Waals surface area contributed by atoms with Gasteiger partial charge in [-0.3, -0.25) is 4.79 Å². The molecule has 0 atom stereocenters. The van der Waals surface area contributed by atoms with Crippen molar-refractivity contribution in [2.75, 3.05) is 0 Å². The normalized spacial score (nSPS) is 19.3. The smallest absolute Gasteiger partial charge is 0.163 e. The maximum absolute atomic E-state index is 11.2. The summed E-state index contributed by atoms with van der Waals surface area (Å²) in [5, 5.41) is 0. The molecule has 0 fully saturated rings. The first-order valence-electron chi connectivity index (χ1n) is 5.50. The van der Waals surface area contributed by atoms with Crippen molar-refractivity contribution in [1.29, 1.82) is 0 Å². The molecule has 0 saturated carbocycles. The topological polar surface area (TPSA) is 17.1 Å². The Kier molecular flexibility index (Phi) is 3.36. The molecule has 0 N–H and O–H groups in total. The summed E-state index contributed by atoms with van der Waals surface area (Å²) in [5.41, 5.74) is 6.62. The minimum Gasteiger partial charge on any atom is -0.294 e. The molecule has 0 unspecified atom stereocenters. The zero-order valence-electron chi connectivity index (χ0n) is 10.4. The number of carbonyl (C=O) groups excluding carboxylic acids is 1. The van der Waals surface area contributed by atoms with Crippen LogP contribution in [0.1, 0.15) is 47.5 Å². The second kappa shape index (κ2) is 4.20. The molecule has 0 aromatic heterocycles. The van der Waals surface area contributed by atoms with Gasteiger partial charge in [0.15, 0.2) is 5.78 Å². The second-order valence-corrected chi connectivity index (χ2v) is 4.99. The van der Waals surface area contributed by atoms with Gasteiger partial charge in [-0.1, -0.05) is 19.9 Å². The molecule has 15 heavy (non-hydrogen) atoms. The van der Waals surface area contributed by atoms with Crippen molar-refractivity contribution in [3.63, 3.8) is 0 Å². The van der Waals surface area contributed by atoms with E-state index in [1.54, 1.807) is 6.92 Å². The zero-order chi connectivity index (χ0) is 11.6. The van der Waals surface area contributed by atoms with Crippen LogP contribution in [0, 0.1) is 5.41 Å². The summed E-state index contributed by atoms with van der Waals surface area (Å²) in [6, 6.07) is 0. The van der Waals surface area contributed by atoms with Crippen LogP contribution in [0.3, 0.4) is 0 Å². The van der Waals surface area contributed by atoms with E-state index >= 15 is 0 Å². The van der Waals surface area contributed by atoms with Gasteiger partial charge in [-0.25, -0.2) is 0 Å². The standard InChI is InChI=1S/C14H20O/c1-10-7-6-8-14(4,5)13(10)9-11(2)12(3)15/h7H,6,8H2,1-5H3. The van der Waals surface area contributed by atoms with Crippen LogP contribution in [0.25, 0.3) is 0 Å². The molecule has 0 bridgehead atoms. The van der Waals surface area contributed by atoms with Gasteiger partial charge in [0, 0.05) is 11.1 Å². The maximum atomic E-state index is 11.2. The van der Waals surface area contributed by atoms with Crippen LogP contribution in [0.4, 0.5) is 0 Å². The number of Topliss-reactive ketones (excluding diaryl/α,β-unsaturated/α-hetero) is 1. The fourth-order valence-corrected chi connectivity index (χ4v) is 1.95. The molecule has 0 aromatic rings. The number of allylic oxidation sites excluding steroid dienone is 3. The van der Waals surface area contributed by atoms with Crippen molar-refractivity contribution in [3.05, 3.63) is 28.5 Å². The Labute approximate surface area is 92.6 Å². The van der Waals surface area contributed by atoms with Crippen LogP contribution in [0.5, 0.6) is 0 Å². The molecule has 1 nitrogen and oxygen atoms in total. The van der Waals surface area contributed by atoms with Crippen molar-refractivity contribution >= 4 is 5.78 Å². The Morgan fingerprint density at radius 1 is 1.40 bits per heavy atom. The van der Waals surface area contributed by atoms with Crippen LogP contribution in [-0.4, -0.2) is 5.78 Å². The average Bonchev–Trinajstić information content (AvgIpc) is 2.10. The quantitative estimate of drug-likeness (QED) is 0.469. The molecule has 0 amide bonds. The lowest BCUT2D eigenvalue weighted by molar-refractivity contribution is -0.113. The summed E-state index contributed by atoms with van der Waals surface area (Å²) in [5.74, 6) is 0.108. The third kappa shape index (κ3) is 2.70. The largest absolute Gasteiger partial charge is 0.294 e. The number of ketones is 1. The van der Waals surface area contributed by atoms with Gasteiger partial charge in [-0.05, 0) is 44.6 Å². The summed E-state index contributed by atoms with van der Waals surface area (Å²) in [4.78, 5) is 11.2. The van der Waals surface area contributed by atoms with Crippen LogP contribution in [0.15, 0.2) is 28.5 Å². The molecule has 1 rings (SSSR count). The van der Waals surface area contributed by atoms with E-state index in [1.807, 2.05) is 6.92 Å². The lowest BCUT2D eigenvalue weighted by Crippen LogP contribution is -2.18. The second-order valence-electron chi connectivity index (χ2n) is 4.99. The molecular weight excluding hydrogens is 184 g/mol. The van der Waals surface area contributed by atoms with Gasteiger partial charge >= 0.3 is 0 Å². The lowest BCUT2D eigenvalue weighted by Gasteiger charge is -2.30. The van der Waals surface area contributed by atoms with Gasteiger partial charge in [0.2, 0.25) is 0 Å². The summed E-state index contributed by atoms with van der Waals surface area (Å²) >= 11 is 0. The van der Waals surface area contributed by atoms with E-state index in [0.29, 0.717) is 0 Å². The van der Waals surface area contributed by atoms with Crippen LogP contribution >= 0.6 is 0 Å². The first-order valence-corrected chi connectivity index (χ1v) is 5.50. The third-order valence-corrected chi connectivity index (χ3v) is 3.13. The Hall–Kier alpha value is -1.07. The number of hydrogen-bond acceptors (Lipinski definition) is 1. The van der Waals surface area contributed by atoms with Gasteiger partial charge in [0.1, 0.15) is 0 Å². The van der Waals surface area contributed by atoms with Crippen molar-refractivity contribution < 1.29 is 4.79 Å². The summed E-state index contributed by atoms with van der Waals surface area (Å²) in [7, 11) is 0. The molecule has 82 valence electrons. The van der Waals surface area contributed by atoms with E-state index < -0.39 is 0 Å². The molecule has 0 spiro atoms. The highest BCUT2D eigenvalue weighted by atomic mass is 16.1. The van der Waals surface area contributed by atoms with Crippen LogP contribution in [-0.2, 0) is 4.79 Å². The highest BCUT2D eigenvalue weighted by Crippen LogP contribution is 2.39. The maximum Gasteiger partial charge on any atom is 0.163 e. The van der Waals surface area contributed by atoms with Gasteiger partial charge in [0.05, 0.1) is 0 Å². The molecule has 1 aliphatic rings. The number of carbonyl (C=O) groups is 1. The molecule has 1 heteroatoms. The van der Waals surface area contributed by atoms with Crippen molar-refractivity contribution in [2.24, 2.45) is 5.41 Å². The van der Waals surface area contributed by atoms with E-state index in [2.05, 4.69) is 32.6 Å². The van der Waals surface area contributed by atoms with Crippen LogP contribution in [0.2, 0.25) is 0 Å². The monoisotopic (exact) mass is 204 g/mol. The van der Waals surface area contributed by atoms with Crippen molar-refractivity contribution in [1.82, 2.24) is 0 Å². The Morgan fingerprint density at radius 2 is 2.00 bits per heavy atom. The summed E-state index contributed by atoms with van der Waals surface area (Å²) < 4.78 is 0. The molecule has 0 radical (unpaired) electrons. The summed E-state index contributed by atoms with van der Waals surface area (Å²) in [6.45, 7) is 9.99. The molecule has 0 aromatic carbocycles. The van der Waals surface area contributed by atoms with E-state index in [-0.39, 0.29) is 11.2 Å². The fourth-order valence-electron chi connectivity index (χ4n) is 1.95. The van der Waals surface area contributed by atoms with Gasteiger partial charge in [0.25, 0.3) is 0 Å². The highest BCUT2D eigenvalue weighted by molar-refractivity contribution is 5.92. The van der Waals surface area contributed by atoms with Crippen molar-refractivity contribution in [2.45, 2.75) is 47.5 Å². The van der Waals surface area contributed by atoms with E-state index in [0.717, 1.165) is 18.4 Å². The SMILES string of the molecule is CC(=O)C(C)=C=C1C(C)=CCCC1(C)C. The fraction of sp³-hybridized carbons (Fsp3) is 0.571. The molecule has 0 aliphatic heterocycles. The minimum atomic E-state index is 0.108. The summed E-state index contributed by atoms with van der Waals surface area (Å²) in [6.07, 6.45) is 4.50. The molecular formula is C14H20O. The Balaban J connectivity index is 3.32. The molecule has 0 heterocycles. The number of rotatable bonds is 1. The van der Waals surface area contributed by atoms with Gasteiger partial charge < -0.3 is 0 Å². The van der Waals surface area contributed by atoms with E-state index in [1.165, 1.54) is 11.1 Å². The van der Waals surface area contributed by atoms with Crippen molar-refractivity contribution in [3.8, 4) is 0 Å². The third-order valence-electron chi connectivity index (χ3n) is 3.13. The number of hydrogen-bond donors (Lipinski definition) is 0.